The maximum Gasteiger partial charge on any atom is 0.133 e. The number of rotatable bonds is 7. The Labute approximate surface area is 118 Å². The van der Waals surface area contributed by atoms with Crippen LogP contribution in [0.3, 0.4) is 0 Å². The summed E-state index contributed by atoms with van der Waals surface area (Å²) in [4.78, 5) is 0. The first-order chi connectivity index (χ1) is 8.74. The molecule has 1 aromatic carbocycles. The highest BCUT2D eigenvalue weighted by atomic mass is 79.9. The normalized spacial score (nSPS) is 16.6. The van der Waals surface area contributed by atoms with Crippen molar-refractivity contribution >= 4 is 15.9 Å². The lowest BCUT2D eigenvalue weighted by Gasteiger charge is -2.18. The lowest BCUT2D eigenvalue weighted by Crippen LogP contribution is -2.33. The van der Waals surface area contributed by atoms with Gasteiger partial charge in [-0.15, -0.1) is 0 Å². The maximum absolute atomic E-state index is 5.27. The second-order valence-corrected chi connectivity index (χ2v) is 5.93. The molecule has 1 aliphatic carbocycles. The molecule has 0 spiro atoms. The van der Waals surface area contributed by atoms with Crippen LogP contribution in [0.2, 0.25) is 0 Å². The molecule has 2 nitrogen and oxygen atoms in total. The van der Waals surface area contributed by atoms with E-state index in [1.165, 1.54) is 24.8 Å². The zero-order valence-corrected chi connectivity index (χ0v) is 12.8. The summed E-state index contributed by atoms with van der Waals surface area (Å²) in [5.41, 5.74) is 1.38. The van der Waals surface area contributed by atoms with Crippen LogP contribution in [0, 0.1) is 5.92 Å². The Bertz CT molecular complexity index is 390. The van der Waals surface area contributed by atoms with E-state index in [0.717, 1.165) is 29.1 Å². The van der Waals surface area contributed by atoms with Crippen LogP contribution in [0.4, 0.5) is 0 Å². The molecule has 100 valence electrons. The molecule has 0 aromatic heterocycles. The van der Waals surface area contributed by atoms with Crippen molar-refractivity contribution in [1.82, 2.24) is 5.32 Å². The van der Waals surface area contributed by atoms with E-state index >= 15 is 0 Å². The van der Waals surface area contributed by atoms with Gasteiger partial charge in [-0.05, 0) is 71.8 Å². The predicted molar refractivity (Wildman–Crippen MR) is 79.2 cm³/mol. The van der Waals surface area contributed by atoms with Crippen molar-refractivity contribution in [3.05, 3.63) is 28.2 Å². The molecule has 1 unspecified atom stereocenters. The van der Waals surface area contributed by atoms with Crippen molar-refractivity contribution in [3.8, 4) is 5.75 Å². The lowest BCUT2D eigenvalue weighted by molar-refractivity contribution is 0.411. The summed E-state index contributed by atoms with van der Waals surface area (Å²) in [5.74, 6) is 1.79. The summed E-state index contributed by atoms with van der Waals surface area (Å²) < 4.78 is 6.32. The average Bonchev–Trinajstić information content (AvgIpc) is 3.19. The summed E-state index contributed by atoms with van der Waals surface area (Å²) in [5, 5.41) is 3.68. The molecule has 2 rings (SSSR count). The highest BCUT2D eigenvalue weighted by molar-refractivity contribution is 9.10. The van der Waals surface area contributed by atoms with E-state index < -0.39 is 0 Å². The lowest BCUT2D eigenvalue weighted by atomic mass is 10.0. The van der Waals surface area contributed by atoms with Crippen LogP contribution in [-0.4, -0.2) is 19.7 Å². The first-order valence-corrected chi connectivity index (χ1v) is 7.59. The minimum atomic E-state index is 0.644. The Kier molecular flexibility index (Phi) is 5.07. The molecule has 0 saturated heterocycles. The van der Waals surface area contributed by atoms with Crippen molar-refractivity contribution in [3.63, 3.8) is 0 Å². The monoisotopic (exact) mass is 311 g/mol. The Hall–Kier alpha value is -0.540. The smallest absolute Gasteiger partial charge is 0.133 e. The standard InChI is InChI=1S/C15H22BrNO/c1-3-8-17-14(12-5-6-12)10-11-4-7-15(18-2)13(16)9-11/h4,7,9,12,14,17H,3,5-6,8,10H2,1-2H3. The maximum atomic E-state index is 5.27. The third-order valence-corrected chi connectivity index (χ3v) is 4.14. The van der Waals surface area contributed by atoms with E-state index in [1.54, 1.807) is 7.11 Å². The van der Waals surface area contributed by atoms with Gasteiger partial charge in [-0.1, -0.05) is 13.0 Å². The predicted octanol–water partition coefficient (Wildman–Crippen LogP) is 3.78. The Morgan fingerprint density at radius 1 is 1.44 bits per heavy atom. The molecule has 1 aromatic rings. The molecule has 0 aliphatic heterocycles. The summed E-state index contributed by atoms with van der Waals surface area (Å²) in [6.07, 6.45) is 5.10. The van der Waals surface area contributed by atoms with E-state index in [2.05, 4.69) is 40.3 Å². The molecule has 3 heteroatoms. The molecule has 0 amide bonds. The molecule has 0 heterocycles. The zero-order valence-electron chi connectivity index (χ0n) is 11.2. The Morgan fingerprint density at radius 2 is 2.22 bits per heavy atom. The van der Waals surface area contributed by atoms with Crippen LogP contribution in [0.1, 0.15) is 31.7 Å². The fraction of sp³-hybridized carbons (Fsp3) is 0.600. The zero-order chi connectivity index (χ0) is 13.0. The van der Waals surface area contributed by atoms with E-state index in [9.17, 15) is 0 Å². The highest BCUT2D eigenvalue weighted by Gasteiger charge is 2.30. The van der Waals surface area contributed by atoms with E-state index in [-0.39, 0.29) is 0 Å². The minimum absolute atomic E-state index is 0.644. The summed E-state index contributed by atoms with van der Waals surface area (Å²) >= 11 is 3.56. The van der Waals surface area contributed by atoms with Crippen molar-refractivity contribution in [2.45, 2.75) is 38.6 Å². The molecule has 1 N–H and O–H groups in total. The fourth-order valence-electron chi connectivity index (χ4n) is 2.32. The van der Waals surface area contributed by atoms with Crippen LogP contribution < -0.4 is 10.1 Å². The summed E-state index contributed by atoms with van der Waals surface area (Å²) in [7, 11) is 1.70. The van der Waals surface area contributed by atoms with Gasteiger partial charge in [0, 0.05) is 6.04 Å². The average molecular weight is 312 g/mol. The van der Waals surface area contributed by atoms with Crippen molar-refractivity contribution in [2.75, 3.05) is 13.7 Å². The molecular weight excluding hydrogens is 290 g/mol. The molecule has 1 fully saturated rings. The number of hydrogen-bond acceptors (Lipinski definition) is 2. The first-order valence-electron chi connectivity index (χ1n) is 6.80. The topological polar surface area (TPSA) is 21.3 Å². The van der Waals surface area contributed by atoms with Gasteiger partial charge >= 0.3 is 0 Å². The van der Waals surface area contributed by atoms with Gasteiger partial charge in [-0.25, -0.2) is 0 Å². The van der Waals surface area contributed by atoms with Crippen molar-refractivity contribution in [1.29, 1.82) is 0 Å². The van der Waals surface area contributed by atoms with E-state index in [1.807, 2.05) is 6.07 Å². The number of methoxy groups -OCH3 is 1. The van der Waals surface area contributed by atoms with E-state index in [4.69, 9.17) is 4.74 Å². The molecule has 1 saturated carbocycles. The molecule has 18 heavy (non-hydrogen) atoms. The number of ether oxygens (including phenoxy) is 1. The second-order valence-electron chi connectivity index (χ2n) is 5.07. The molecular formula is C15H22BrNO. The summed E-state index contributed by atoms with van der Waals surface area (Å²) in [6, 6.07) is 7.04. The van der Waals surface area contributed by atoms with Crippen molar-refractivity contribution < 1.29 is 4.74 Å². The van der Waals surface area contributed by atoms with Crippen molar-refractivity contribution in [2.24, 2.45) is 5.92 Å². The van der Waals surface area contributed by atoms with Gasteiger partial charge in [0.2, 0.25) is 0 Å². The number of hydrogen-bond donors (Lipinski definition) is 1. The van der Waals surface area contributed by atoms with E-state index in [0.29, 0.717) is 6.04 Å². The third kappa shape index (κ3) is 3.72. The van der Waals surface area contributed by atoms with Crippen LogP contribution in [0.5, 0.6) is 5.75 Å². The largest absolute Gasteiger partial charge is 0.496 e. The van der Waals surface area contributed by atoms with Gasteiger partial charge < -0.3 is 10.1 Å². The van der Waals surface area contributed by atoms with Gasteiger partial charge in [-0.3, -0.25) is 0 Å². The minimum Gasteiger partial charge on any atom is -0.496 e. The van der Waals surface area contributed by atoms with Crippen LogP contribution >= 0.6 is 15.9 Å². The molecule has 1 aliphatic rings. The highest BCUT2D eigenvalue weighted by Crippen LogP contribution is 2.35. The van der Waals surface area contributed by atoms with Crippen LogP contribution in [0.25, 0.3) is 0 Å². The molecule has 1 atom stereocenters. The molecule has 0 radical (unpaired) electrons. The van der Waals surface area contributed by atoms with Crippen LogP contribution in [0.15, 0.2) is 22.7 Å². The van der Waals surface area contributed by atoms with Gasteiger partial charge in [-0.2, -0.15) is 0 Å². The summed E-state index contributed by atoms with van der Waals surface area (Å²) in [6.45, 7) is 3.35. The van der Waals surface area contributed by atoms with Gasteiger partial charge in [0.15, 0.2) is 0 Å². The first kappa shape index (κ1) is 13.9. The van der Waals surface area contributed by atoms with Gasteiger partial charge in [0.1, 0.15) is 5.75 Å². The third-order valence-electron chi connectivity index (χ3n) is 3.52. The SMILES string of the molecule is CCCNC(Cc1ccc(OC)c(Br)c1)C1CC1. The molecule has 0 bridgehead atoms. The fourth-order valence-corrected chi connectivity index (χ4v) is 2.91. The van der Waals surface area contributed by atoms with Gasteiger partial charge in [0.25, 0.3) is 0 Å². The van der Waals surface area contributed by atoms with Gasteiger partial charge in [0.05, 0.1) is 11.6 Å². The van der Waals surface area contributed by atoms with Crippen LogP contribution in [-0.2, 0) is 6.42 Å². The Balaban J connectivity index is 1.99. The number of halogens is 1. The second kappa shape index (κ2) is 6.58. The number of benzene rings is 1. The Morgan fingerprint density at radius 3 is 2.78 bits per heavy atom. The number of nitrogens with one attached hydrogen (secondary N) is 1. The quantitative estimate of drug-likeness (QED) is 0.827.